The third-order valence-electron chi connectivity index (χ3n) is 2.72. The van der Waals surface area contributed by atoms with Crippen LogP contribution in [0.2, 0.25) is 0 Å². The highest BCUT2D eigenvalue weighted by Gasteiger charge is 2.11. The third kappa shape index (κ3) is 2.75. The van der Waals surface area contributed by atoms with E-state index in [1.54, 1.807) is 6.20 Å². The lowest BCUT2D eigenvalue weighted by Gasteiger charge is -2.10. The van der Waals surface area contributed by atoms with E-state index in [0.717, 1.165) is 16.9 Å². The molecule has 94 valence electrons. The summed E-state index contributed by atoms with van der Waals surface area (Å²) in [4.78, 5) is 11.7. The van der Waals surface area contributed by atoms with Crippen LogP contribution in [-0.2, 0) is 4.79 Å². The SMILES string of the molecule is CC[C@@H](N)C(=O)Nc1cccc(-c2ccn[nH]2)c1. The smallest absolute Gasteiger partial charge is 0.241 e. The number of carbonyl (C=O) groups is 1. The van der Waals surface area contributed by atoms with E-state index in [1.807, 2.05) is 37.3 Å². The Morgan fingerprint density at radius 2 is 2.33 bits per heavy atom. The normalized spacial score (nSPS) is 12.1. The number of nitrogens with two attached hydrogens (primary N) is 1. The fraction of sp³-hybridized carbons (Fsp3) is 0.231. The molecule has 1 aromatic carbocycles. The highest BCUT2D eigenvalue weighted by atomic mass is 16.2. The molecule has 0 radical (unpaired) electrons. The maximum Gasteiger partial charge on any atom is 0.241 e. The number of anilines is 1. The zero-order valence-corrected chi connectivity index (χ0v) is 10.2. The second-order valence-electron chi connectivity index (χ2n) is 4.06. The Bertz CT molecular complexity index is 522. The standard InChI is InChI=1S/C13H16N4O/c1-2-11(14)13(18)16-10-5-3-4-9(8-10)12-6-7-15-17-12/h3-8,11H,2,14H2,1H3,(H,15,17)(H,16,18)/t11-/m1/s1. The Balaban J connectivity index is 2.16. The van der Waals surface area contributed by atoms with Gasteiger partial charge in [0.25, 0.3) is 0 Å². The number of aromatic amines is 1. The Hall–Kier alpha value is -2.14. The molecule has 1 atom stereocenters. The zero-order valence-electron chi connectivity index (χ0n) is 10.2. The predicted octanol–water partition coefficient (Wildman–Crippen LogP) is 1.75. The Morgan fingerprint density at radius 3 is 3.00 bits per heavy atom. The van der Waals surface area contributed by atoms with Crippen LogP contribution in [0.15, 0.2) is 36.5 Å². The van der Waals surface area contributed by atoms with E-state index < -0.39 is 6.04 Å². The van der Waals surface area contributed by atoms with Crippen molar-refractivity contribution in [2.75, 3.05) is 5.32 Å². The van der Waals surface area contributed by atoms with Crippen molar-refractivity contribution in [1.82, 2.24) is 10.2 Å². The molecule has 5 nitrogen and oxygen atoms in total. The summed E-state index contributed by atoms with van der Waals surface area (Å²) < 4.78 is 0. The van der Waals surface area contributed by atoms with E-state index in [-0.39, 0.29) is 5.91 Å². The summed E-state index contributed by atoms with van der Waals surface area (Å²) in [6.45, 7) is 1.88. The second kappa shape index (κ2) is 5.46. The van der Waals surface area contributed by atoms with E-state index in [9.17, 15) is 4.79 Å². The minimum atomic E-state index is -0.471. The monoisotopic (exact) mass is 244 g/mol. The molecule has 0 aliphatic carbocycles. The Labute approximate surface area is 105 Å². The third-order valence-corrected chi connectivity index (χ3v) is 2.72. The van der Waals surface area contributed by atoms with Gasteiger partial charge in [-0.25, -0.2) is 0 Å². The summed E-state index contributed by atoms with van der Waals surface area (Å²) in [5.41, 5.74) is 8.28. The van der Waals surface area contributed by atoms with E-state index in [4.69, 9.17) is 5.73 Å². The van der Waals surface area contributed by atoms with Crippen molar-refractivity contribution in [3.05, 3.63) is 36.5 Å². The number of carbonyl (C=O) groups excluding carboxylic acids is 1. The molecule has 0 spiro atoms. The topological polar surface area (TPSA) is 83.8 Å². The van der Waals surface area contributed by atoms with Crippen LogP contribution < -0.4 is 11.1 Å². The molecular weight excluding hydrogens is 228 g/mol. The first-order valence-corrected chi connectivity index (χ1v) is 5.87. The van der Waals surface area contributed by atoms with Crippen LogP contribution in [0.3, 0.4) is 0 Å². The minimum Gasteiger partial charge on any atom is -0.325 e. The number of amides is 1. The lowest BCUT2D eigenvalue weighted by atomic mass is 10.1. The quantitative estimate of drug-likeness (QED) is 0.766. The molecule has 2 aromatic rings. The molecule has 4 N–H and O–H groups in total. The predicted molar refractivity (Wildman–Crippen MR) is 70.9 cm³/mol. The molecule has 0 bridgehead atoms. The summed E-state index contributed by atoms with van der Waals surface area (Å²) in [6, 6.07) is 8.94. The van der Waals surface area contributed by atoms with Crippen molar-refractivity contribution in [1.29, 1.82) is 0 Å². The summed E-state index contributed by atoms with van der Waals surface area (Å²) in [6.07, 6.45) is 2.31. The largest absolute Gasteiger partial charge is 0.325 e. The van der Waals surface area contributed by atoms with Crippen molar-refractivity contribution in [3.8, 4) is 11.3 Å². The van der Waals surface area contributed by atoms with Gasteiger partial charge in [0.1, 0.15) is 0 Å². The van der Waals surface area contributed by atoms with Gasteiger partial charge in [0.15, 0.2) is 0 Å². The average molecular weight is 244 g/mol. The van der Waals surface area contributed by atoms with Crippen LogP contribution in [0.4, 0.5) is 5.69 Å². The lowest BCUT2D eigenvalue weighted by molar-refractivity contribution is -0.117. The molecule has 1 amide bonds. The number of rotatable bonds is 4. The molecule has 0 saturated carbocycles. The molecule has 0 unspecified atom stereocenters. The van der Waals surface area contributed by atoms with Gasteiger partial charge in [0, 0.05) is 17.4 Å². The highest BCUT2D eigenvalue weighted by molar-refractivity contribution is 5.95. The van der Waals surface area contributed by atoms with Crippen molar-refractivity contribution in [2.24, 2.45) is 5.73 Å². The summed E-state index contributed by atoms with van der Waals surface area (Å²) in [5.74, 6) is -0.167. The highest BCUT2D eigenvalue weighted by Crippen LogP contribution is 2.20. The van der Waals surface area contributed by atoms with Crippen LogP contribution in [0.5, 0.6) is 0 Å². The van der Waals surface area contributed by atoms with E-state index in [2.05, 4.69) is 15.5 Å². The zero-order chi connectivity index (χ0) is 13.0. The molecule has 1 aromatic heterocycles. The summed E-state index contributed by atoms with van der Waals surface area (Å²) in [7, 11) is 0. The molecule has 0 fully saturated rings. The minimum absolute atomic E-state index is 0.167. The fourth-order valence-electron chi connectivity index (χ4n) is 1.60. The second-order valence-corrected chi connectivity index (χ2v) is 4.06. The maximum atomic E-state index is 11.7. The number of benzene rings is 1. The van der Waals surface area contributed by atoms with E-state index in [0.29, 0.717) is 6.42 Å². The van der Waals surface area contributed by atoms with Gasteiger partial charge in [0.05, 0.1) is 11.7 Å². The number of nitrogens with zero attached hydrogens (tertiary/aromatic N) is 1. The van der Waals surface area contributed by atoms with E-state index in [1.165, 1.54) is 0 Å². The number of hydrogen-bond acceptors (Lipinski definition) is 3. The van der Waals surface area contributed by atoms with Gasteiger partial charge in [-0.1, -0.05) is 19.1 Å². The number of H-pyrrole nitrogens is 1. The van der Waals surface area contributed by atoms with Crippen molar-refractivity contribution in [2.45, 2.75) is 19.4 Å². The van der Waals surface area contributed by atoms with Gasteiger partial charge >= 0.3 is 0 Å². The van der Waals surface area contributed by atoms with Crippen LogP contribution >= 0.6 is 0 Å². The van der Waals surface area contributed by atoms with Gasteiger partial charge in [-0.05, 0) is 24.6 Å². The summed E-state index contributed by atoms with van der Waals surface area (Å²) >= 11 is 0. The Morgan fingerprint density at radius 1 is 1.50 bits per heavy atom. The molecule has 5 heteroatoms. The molecule has 0 aliphatic rings. The van der Waals surface area contributed by atoms with Gasteiger partial charge in [-0.15, -0.1) is 0 Å². The van der Waals surface area contributed by atoms with Crippen LogP contribution in [0.1, 0.15) is 13.3 Å². The molecule has 1 heterocycles. The van der Waals surface area contributed by atoms with Crippen LogP contribution in [-0.4, -0.2) is 22.1 Å². The first-order chi connectivity index (χ1) is 8.70. The molecule has 2 rings (SSSR count). The van der Waals surface area contributed by atoms with Crippen LogP contribution in [0.25, 0.3) is 11.3 Å². The van der Waals surface area contributed by atoms with Crippen molar-refractivity contribution in [3.63, 3.8) is 0 Å². The van der Waals surface area contributed by atoms with Gasteiger partial charge in [-0.3, -0.25) is 9.89 Å². The average Bonchev–Trinajstić information content (AvgIpc) is 2.92. The van der Waals surface area contributed by atoms with E-state index >= 15 is 0 Å². The molecular formula is C13H16N4O. The lowest BCUT2D eigenvalue weighted by Crippen LogP contribution is -2.34. The molecule has 18 heavy (non-hydrogen) atoms. The van der Waals surface area contributed by atoms with Crippen LogP contribution in [0, 0.1) is 0 Å². The number of nitrogens with one attached hydrogen (secondary N) is 2. The number of aromatic nitrogens is 2. The number of hydrogen-bond donors (Lipinski definition) is 3. The fourth-order valence-corrected chi connectivity index (χ4v) is 1.60. The van der Waals surface area contributed by atoms with Gasteiger partial charge in [0.2, 0.25) is 5.91 Å². The molecule has 0 aliphatic heterocycles. The van der Waals surface area contributed by atoms with Gasteiger partial charge < -0.3 is 11.1 Å². The van der Waals surface area contributed by atoms with Crippen molar-refractivity contribution >= 4 is 11.6 Å². The summed E-state index contributed by atoms with van der Waals surface area (Å²) in [5, 5.41) is 9.58. The molecule has 0 saturated heterocycles. The first kappa shape index (κ1) is 12.3. The first-order valence-electron chi connectivity index (χ1n) is 5.87. The Kier molecular flexibility index (Phi) is 3.74. The van der Waals surface area contributed by atoms with Crippen molar-refractivity contribution < 1.29 is 4.79 Å². The maximum absolute atomic E-state index is 11.7. The van der Waals surface area contributed by atoms with Gasteiger partial charge in [-0.2, -0.15) is 5.10 Å².